The van der Waals surface area contributed by atoms with Crippen molar-refractivity contribution >= 4 is 50.2 Å². The molecule has 0 aliphatic heterocycles. The minimum atomic E-state index is -0.508. The van der Waals surface area contributed by atoms with Gasteiger partial charge in [0.15, 0.2) is 0 Å². The van der Waals surface area contributed by atoms with Gasteiger partial charge in [0.1, 0.15) is 5.39 Å². The molecule has 0 radical (unpaired) electrons. The number of hydrogen-bond acceptors (Lipinski definition) is 7. The highest BCUT2D eigenvalue weighted by atomic mass is 16.6. The minimum absolute atomic E-state index is 0.108. The lowest BCUT2D eigenvalue weighted by molar-refractivity contribution is -0.384. The second-order valence-electron chi connectivity index (χ2n) is 6.12. The lowest BCUT2D eigenvalue weighted by Crippen LogP contribution is -1.99. The summed E-state index contributed by atoms with van der Waals surface area (Å²) in [6, 6.07) is 15.7. The Bertz CT molecular complexity index is 1250. The van der Waals surface area contributed by atoms with Gasteiger partial charge in [0, 0.05) is 35.0 Å². The van der Waals surface area contributed by atoms with Crippen molar-refractivity contribution in [3.8, 4) is 0 Å². The van der Waals surface area contributed by atoms with Crippen LogP contribution in [0.1, 0.15) is 0 Å². The molecule has 0 saturated carbocycles. The third-order valence-corrected chi connectivity index (χ3v) is 4.35. The second kappa shape index (κ2) is 6.47. The summed E-state index contributed by atoms with van der Waals surface area (Å²) in [6.07, 6.45) is 0. The van der Waals surface area contributed by atoms with Gasteiger partial charge in [-0.25, -0.2) is 4.98 Å². The van der Waals surface area contributed by atoms with Crippen LogP contribution < -0.4 is 11.1 Å². The Labute approximate surface area is 157 Å². The molecule has 138 valence electrons. The maximum atomic E-state index is 11.6. The molecule has 0 amide bonds. The van der Waals surface area contributed by atoms with Gasteiger partial charge in [0.05, 0.1) is 26.6 Å². The number of rotatable bonds is 4. The summed E-state index contributed by atoms with van der Waals surface area (Å²) < 4.78 is 0. The molecule has 3 aromatic carbocycles. The first-order valence-corrected chi connectivity index (χ1v) is 8.22. The molecule has 0 bridgehead atoms. The van der Waals surface area contributed by atoms with E-state index < -0.39 is 9.85 Å². The Kier molecular flexibility index (Phi) is 3.96. The number of non-ortho nitro benzene ring substituents is 2. The highest BCUT2D eigenvalue weighted by Gasteiger charge is 2.20. The number of pyridine rings is 1. The van der Waals surface area contributed by atoms with E-state index in [2.05, 4.69) is 10.3 Å². The standard InChI is InChI=1S/C19H13N5O4/c20-11-4-6-12(7-5-11)21-19-14-9-8-13(23(25)26)10-16(14)22-15-2-1-3-17(18(15)19)24(27)28/h1-10H,20H2,(H,21,22). The number of nitro groups is 2. The molecule has 0 unspecified atom stereocenters. The van der Waals surface area contributed by atoms with E-state index in [-0.39, 0.29) is 11.4 Å². The van der Waals surface area contributed by atoms with E-state index in [1.165, 1.54) is 30.3 Å². The van der Waals surface area contributed by atoms with Gasteiger partial charge in [-0.3, -0.25) is 20.2 Å². The molecule has 4 rings (SSSR count). The quantitative estimate of drug-likeness (QED) is 0.231. The fraction of sp³-hybridized carbons (Fsp3) is 0. The number of fused-ring (bicyclic) bond motifs is 2. The molecule has 0 aliphatic carbocycles. The number of aromatic nitrogens is 1. The van der Waals surface area contributed by atoms with Gasteiger partial charge in [0.25, 0.3) is 11.4 Å². The van der Waals surface area contributed by atoms with Gasteiger partial charge < -0.3 is 11.1 Å². The van der Waals surface area contributed by atoms with Gasteiger partial charge in [-0.1, -0.05) is 6.07 Å². The SMILES string of the molecule is Nc1ccc(Nc2c3ccc([N+](=O)[O-])cc3nc3cccc([N+](=O)[O-])c23)cc1. The average molecular weight is 375 g/mol. The van der Waals surface area contributed by atoms with Gasteiger partial charge in [-0.15, -0.1) is 0 Å². The molecule has 9 nitrogen and oxygen atoms in total. The average Bonchev–Trinajstić information content (AvgIpc) is 2.68. The summed E-state index contributed by atoms with van der Waals surface area (Å²) in [5.74, 6) is 0. The van der Waals surface area contributed by atoms with E-state index in [1.807, 2.05) is 0 Å². The fourth-order valence-electron chi connectivity index (χ4n) is 3.07. The molecular formula is C19H13N5O4. The van der Waals surface area contributed by atoms with Crippen LogP contribution in [-0.2, 0) is 0 Å². The topological polar surface area (TPSA) is 137 Å². The predicted octanol–water partition coefficient (Wildman–Crippen LogP) is 4.53. The Morgan fingerprint density at radius 3 is 2.32 bits per heavy atom. The Balaban J connectivity index is 2.06. The molecule has 0 saturated heterocycles. The van der Waals surface area contributed by atoms with Crippen LogP contribution in [0.25, 0.3) is 21.8 Å². The normalized spacial score (nSPS) is 10.9. The molecule has 1 aromatic heterocycles. The van der Waals surface area contributed by atoms with Crippen molar-refractivity contribution in [3.05, 3.63) is 80.9 Å². The zero-order chi connectivity index (χ0) is 19.8. The number of nitrogens with one attached hydrogen (secondary N) is 1. The predicted molar refractivity (Wildman–Crippen MR) is 107 cm³/mol. The van der Waals surface area contributed by atoms with Crippen molar-refractivity contribution in [2.24, 2.45) is 0 Å². The lowest BCUT2D eigenvalue weighted by Gasteiger charge is -2.13. The van der Waals surface area contributed by atoms with Crippen molar-refractivity contribution in [1.82, 2.24) is 4.98 Å². The number of nitrogen functional groups attached to an aromatic ring is 1. The molecule has 1 heterocycles. The largest absolute Gasteiger partial charge is 0.399 e. The summed E-state index contributed by atoms with van der Waals surface area (Å²) in [7, 11) is 0. The number of benzene rings is 3. The molecule has 0 atom stereocenters. The maximum Gasteiger partial charge on any atom is 0.280 e. The summed E-state index contributed by atoms with van der Waals surface area (Å²) in [5, 5.41) is 26.8. The summed E-state index contributed by atoms with van der Waals surface area (Å²) in [4.78, 5) is 26.1. The van der Waals surface area contributed by atoms with Gasteiger partial charge in [-0.05, 0) is 36.4 Å². The third-order valence-electron chi connectivity index (χ3n) is 4.35. The van der Waals surface area contributed by atoms with Crippen molar-refractivity contribution in [3.63, 3.8) is 0 Å². The second-order valence-corrected chi connectivity index (χ2v) is 6.12. The number of nitrogens with two attached hydrogens (primary N) is 1. The summed E-state index contributed by atoms with van der Waals surface area (Å²) in [5.41, 5.74) is 7.92. The minimum Gasteiger partial charge on any atom is -0.399 e. The maximum absolute atomic E-state index is 11.6. The molecular weight excluding hydrogens is 362 g/mol. The Morgan fingerprint density at radius 1 is 0.893 bits per heavy atom. The molecule has 4 aromatic rings. The van der Waals surface area contributed by atoms with E-state index in [0.29, 0.717) is 38.9 Å². The van der Waals surface area contributed by atoms with E-state index in [9.17, 15) is 20.2 Å². The molecule has 28 heavy (non-hydrogen) atoms. The number of nitro benzene ring substituents is 2. The van der Waals surface area contributed by atoms with Crippen LogP contribution in [0, 0.1) is 20.2 Å². The first kappa shape index (κ1) is 17.2. The van der Waals surface area contributed by atoms with Crippen LogP contribution in [-0.4, -0.2) is 14.8 Å². The van der Waals surface area contributed by atoms with E-state index in [0.717, 1.165) is 0 Å². The monoisotopic (exact) mass is 375 g/mol. The molecule has 9 heteroatoms. The van der Waals surface area contributed by atoms with Crippen LogP contribution in [0.3, 0.4) is 0 Å². The first-order valence-electron chi connectivity index (χ1n) is 8.22. The lowest BCUT2D eigenvalue weighted by atomic mass is 10.1. The van der Waals surface area contributed by atoms with Crippen LogP contribution in [0.4, 0.5) is 28.4 Å². The Morgan fingerprint density at radius 2 is 1.64 bits per heavy atom. The molecule has 0 aliphatic rings. The summed E-state index contributed by atoms with van der Waals surface area (Å²) >= 11 is 0. The zero-order valence-electron chi connectivity index (χ0n) is 14.3. The Hall–Kier alpha value is -4.27. The van der Waals surface area contributed by atoms with Crippen LogP contribution in [0.15, 0.2) is 60.7 Å². The zero-order valence-corrected chi connectivity index (χ0v) is 14.3. The number of hydrogen-bond donors (Lipinski definition) is 2. The van der Waals surface area contributed by atoms with Crippen LogP contribution >= 0.6 is 0 Å². The highest BCUT2D eigenvalue weighted by Crippen LogP contribution is 2.39. The van der Waals surface area contributed by atoms with Gasteiger partial charge in [-0.2, -0.15) is 0 Å². The molecule has 0 fully saturated rings. The highest BCUT2D eigenvalue weighted by molar-refractivity contribution is 6.12. The third kappa shape index (κ3) is 2.90. The van der Waals surface area contributed by atoms with E-state index >= 15 is 0 Å². The van der Waals surface area contributed by atoms with Gasteiger partial charge >= 0.3 is 0 Å². The first-order chi connectivity index (χ1) is 13.4. The number of nitrogens with zero attached hydrogens (tertiary/aromatic N) is 3. The van der Waals surface area contributed by atoms with E-state index in [1.54, 1.807) is 30.3 Å². The van der Waals surface area contributed by atoms with Crippen molar-refractivity contribution in [2.75, 3.05) is 11.1 Å². The van der Waals surface area contributed by atoms with Crippen LogP contribution in [0.5, 0.6) is 0 Å². The molecule has 0 spiro atoms. The number of anilines is 3. The summed E-state index contributed by atoms with van der Waals surface area (Å²) in [6.45, 7) is 0. The van der Waals surface area contributed by atoms with E-state index in [4.69, 9.17) is 5.73 Å². The van der Waals surface area contributed by atoms with Gasteiger partial charge in [0.2, 0.25) is 0 Å². The fourth-order valence-corrected chi connectivity index (χ4v) is 3.07. The smallest absolute Gasteiger partial charge is 0.280 e. The van der Waals surface area contributed by atoms with Crippen molar-refractivity contribution in [1.29, 1.82) is 0 Å². The van der Waals surface area contributed by atoms with Crippen molar-refractivity contribution in [2.45, 2.75) is 0 Å². The molecule has 3 N–H and O–H groups in total. The van der Waals surface area contributed by atoms with Crippen LogP contribution in [0.2, 0.25) is 0 Å². The van der Waals surface area contributed by atoms with Crippen molar-refractivity contribution < 1.29 is 9.85 Å².